The molecule has 0 radical (unpaired) electrons. The van der Waals surface area contributed by atoms with Gasteiger partial charge in [0.1, 0.15) is 17.2 Å². The second-order valence-corrected chi connectivity index (χ2v) is 8.26. The molecule has 0 aromatic heterocycles. The summed E-state index contributed by atoms with van der Waals surface area (Å²) in [7, 11) is 0. The summed E-state index contributed by atoms with van der Waals surface area (Å²) in [5.74, 6) is 0.599. The predicted octanol–water partition coefficient (Wildman–Crippen LogP) is 5.58. The van der Waals surface area contributed by atoms with Crippen LogP contribution in [-0.2, 0) is 9.59 Å². The van der Waals surface area contributed by atoms with Crippen molar-refractivity contribution >= 4 is 28.8 Å². The molecule has 2 amide bonds. The number of para-hydroxylation sites is 1. The Morgan fingerprint density at radius 2 is 1.62 bits per heavy atom. The molecule has 0 aliphatic carbocycles. The van der Waals surface area contributed by atoms with Gasteiger partial charge in [0, 0.05) is 11.8 Å². The first kappa shape index (κ1) is 23.1. The van der Waals surface area contributed by atoms with Crippen LogP contribution < -0.4 is 19.7 Å². The Bertz CT molecular complexity index is 1250. The first-order valence-corrected chi connectivity index (χ1v) is 11.3. The molecule has 34 heavy (non-hydrogen) atoms. The highest BCUT2D eigenvalue weighted by Gasteiger charge is 2.40. The number of ether oxygens (including phenoxy) is 2. The van der Waals surface area contributed by atoms with Crippen molar-refractivity contribution in [1.29, 1.82) is 0 Å². The zero-order valence-corrected chi connectivity index (χ0v) is 19.8. The molecule has 0 saturated heterocycles. The lowest BCUT2D eigenvalue weighted by Gasteiger charge is -2.17. The van der Waals surface area contributed by atoms with Crippen molar-refractivity contribution in [2.45, 2.75) is 33.8 Å². The van der Waals surface area contributed by atoms with Crippen molar-refractivity contribution in [1.82, 2.24) is 0 Å². The fourth-order valence-electron chi connectivity index (χ4n) is 3.89. The molecule has 1 heterocycles. The van der Waals surface area contributed by atoms with Crippen molar-refractivity contribution in [3.63, 3.8) is 0 Å². The molecule has 1 aliphatic rings. The Balaban J connectivity index is 1.78. The standard InChI is InChI=1S/C28H28N2O4/c1-5-33-23-11-8-10-21(17-23)29-26-25(20-13-15-22(16-14-20)34-18(2)3)27(31)30(28(26)32)24-12-7-6-9-19(24)4/h6-18,29H,5H2,1-4H3. The number of hydrogen-bond acceptors (Lipinski definition) is 5. The Morgan fingerprint density at radius 3 is 2.29 bits per heavy atom. The van der Waals surface area contributed by atoms with Crippen LogP contribution in [0.15, 0.2) is 78.5 Å². The molecular formula is C28H28N2O4. The molecule has 3 aromatic carbocycles. The van der Waals surface area contributed by atoms with Crippen LogP contribution in [0.2, 0.25) is 0 Å². The third-order valence-electron chi connectivity index (χ3n) is 5.37. The highest BCUT2D eigenvalue weighted by atomic mass is 16.5. The van der Waals surface area contributed by atoms with E-state index in [0.29, 0.717) is 40.6 Å². The molecule has 3 aromatic rings. The molecule has 0 bridgehead atoms. The van der Waals surface area contributed by atoms with Gasteiger partial charge in [-0.1, -0.05) is 36.4 Å². The van der Waals surface area contributed by atoms with E-state index in [-0.39, 0.29) is 17.7 Å². The first-order valence-electron chi connectivity index (χ1n) is 11.3. The lowest BCUT2D eigenvalue weighted by Crippen LogP contribution is -2.33. The zero-order valence-electron chi connectivity index (χ0n) is 19.8. The number of anilines is 2. The molecular weight excluding hydrogens is 428 g/mol. The number of imide groups is 1. The van der Waals surface area contributed by atoms with Gasteiger partial charge in [-0.15, -0.1) is 0 Å². The monoisotopic (exact) mass is 456 g/mol. The first-order chi connectivity index (χ1) is 16.4. The van der Waals surface area contributed by atoms with E-state index < -0.39 is 5.91 Å². The number of amides is 2. The minimum absolute atomic E-state index is 0.0335. The fraction of sp³-hybridized carbons (Fsp3) is 0.214. The summed E-state index contributed by atoms with van der Waals surface area (Å²) in [5, 5.41) is 3.19. The second kappa shape index (κ2) is 9.83. The van der Waals surface area contributed by atoms with Gasteiger partial charge in [-0.25, -0.2) is 4.90 Å². The van der Waals surface area contributed by atoms with Gasteiger partial charge in [0.2, 0.25) is 0 Å². The van der Waals surface area contributed by atoms with E-state index in [1.54, 1.807) is 18.2 Å². The van der Waals surface area contributed by atoms with Gasteiger partial charge in [0.25, 0.3) is 11.8 Å². The zero-order chi connectivity index (χ0) is 24.2. The molecule has 6 nitrogen and oxygen atoms in total. The van der Waals surface area contributed by atoms with Crippen LogP contribution in [0.3, 0.4) is 0 Å². The molecule has 0 saturated carbocycles. The summed E-state index contributed by atoms with van der Waals surface area (Å²) < 4.78 is 11.3. The van der Waals surface area contributed by atoms with Crippen molar-refractivity contribution in [3.8, 4) is 11.5 Å². The summed E-state index contributed by atoms with van der Waals surface area (Å²) >= 11 is 0. The number of carbonyl (C=O) groups excluding carboxylic acids is 2. The molecule has 0 spiro atoms. The predicted molar refractivity (Wildman–Crippen MR) is 134 cm³/mol. The van der Waals surface area contributed by atoms with E-state index in [0.717, 1.165) is 5.56 Å². The second-order valence-electron chi connectivity index (χ2n) is 8.26. The summed E-state index contributed by atoms with van der Waals surface area (Å²) in [6, 6.07) is 21.9. The number of nitrogens with one attached hydrogen (secondary N) is 1. The van der Waals surface area contributed by atoms with Crippen LogP contribution >= 0.6 is 0 Å². The number of nitrogens with zero attached hydrogens (tertiary/aromatic N) is 1. The average molecular weight is 457 g/mol. The maximum atomic E-state index is 13.7. The van der Waals surface area contributed by atoms with Crippen LogP contribution in [0, 0.1) is 6.92 Å². The molecule has 0 atom stereocenters. The van der Waals surface area contributed by atoms with Crippen molar-refractivity contribution in [2.24, 2.45) is 0 Å². The normalized spacial score (nSPS) is 13.6. The highest BCUT2D eigenvalue weighted by molar-refractivity contribution is 6.46. The van der Waals surface area contributed by atoms with E-state index >= 15 is 0 Å². The Morgan fingerprint density at radius 1 is 0.882 bits per heavy atom. The molecule has 0 fully saturated rings. The van der Waals surface area contributed by atoms with Gasteiger partial charge in [-0.3, -0.25) is 9.59 Å². The van der Waals surface area contributed by atoms with Crippen LogP contribution in [0.1, 0.15) is 31.9 Å². The number of aryl methyl sites for hydroxylation is 1. The quantitative estimate of drug-likeness (QED) is 0.449. The highest BCUT2D eigenvalue weighted by Crippen LogP contribution is 2.36. The number of carbonyl (C=O) groups is 2. The van der Waals surface area contributed by atoms with Gasteiger partial charge in [-0.2, -0.15) is 0 Å². The lowest BCUT2D eigenvalue weighted by molar-refractivity contribution is -0.120. The van der Waals surface area contributed by atoms with E-state index in [4.69, 9.17) is 9.47 Å². The van der Waals surface area contributed by atoms with Crippen LogP contribution in [-0.4, -0.2) is 24.5 Å². The van der Waals surface area contributed by atoms with Gasteiger partial charge in [0.05, 0.1) is 24.0 Å². The van der Waals surface area contributed by atoms with E-state index in [9.17, 15) is 9.59 Å². The summed E-state index contributed by atoms with van der Waals surface area (Å²) in [5.41, 5.74) is 3.23. The molecule has 4 rings (SSSR count). The average Bonchev–Trinajstić information content (AvgIpc) is 3.04. The minimum atomic E-state index is -0.404. The van der Waals surface area contributed by atoms with Gasteiger partial charge < -0.3 is 14.8 Å². The molecule has 6 heteroatoms. The SMILES string of the molecule is CCOc1cccc(NC2=C(c3ccc(OC(C)C)cc3)C(=O)N(c3ccccc3C)C2=O)c1. The smallest absolute Gasteiger partial charge is 0.282 e. The van der Waals surface area contributed by atoms with Gasteiger partial charge in [0.15, 0.2) is 0 Å². The van der Waals surface area contributed by atoms with E-state index in [2.05, 4.69) is 5.32 Å². The summed E-state index contributed by atoms with van der Waals surface area (Å²) in [6.07, 6.45) is 0.0335. The van der Waals surface area contributed by atoms with Gasteiger partial charge >= 0.3 is 0 Å². The Hall–Kier alpha value is -4.06. The van der Waals surface area contributed by atoms with Gasteiger partial charge in [-0.05, 0) is 69.2 Å². The number of rotatable bonds is 8. The molecule has 174 valence electrons. The molecule has 1 aliphatic heterocycles. The number of benzene rings is 3. The molecule has 0 unspecified atom stereocenters. The minimum Gasteiger partial charge on any atom is -0.494 e. The maximum absolute atomic E-state index is 13.7. The van der Waals surface area contributed by atoms with Crippen molar-refractivity contribution < 1.29 is 19.1 Å². The molecule has 1 N–H and O–H groups in total. The van der Waals surface area contributed by atoms with E-state index in [1.165, 1.54) is 4.90 Å². The summed E-state index contributed by atoms with van der Waals surface area (Å²) in [6.45, 7) is 8.22. The summed E-state index contributed by atoms with van der Waals surface area (Å²) in [4.78, 5) is 28.5. The maximum Gasteiger partial charge on any atom is 0.282 e. The Kier molecular flexibility index (Phi) is 6.68. The van der Waals surface area contributed by atoms with Crippen LogP contribution in [0.4, 0.5) is 11.4 Å². The van der Waals surface area contributed by atoms with Crippen molar-refractivity contribution in [2.75, 3.05) is 16.8 Å². The van der Waals surface area contributed by atoms with Crippen LogP contribution in [0.5, 0.6) is 11.5 Å². The van der Waals surface area contributed by atoms with Crippen molar-refractivity contribution in [3.05, 3.63) is 89.6 Å². The third kappa shape index (κ3) is 4.66. The lowest BCUT2D eigenvalue weighted by atomic mass is 10.0. The Labute approximate surface area is 199 Å². The fourth-order valence-corrected chi connectivity index (χ4v) is 3.89. The van der Waals surface area contributed by atoms with Crippen LogP contribution in [0.25, 0.3) is 5.57 Å². The largest absolute Gasteiger partial charge is 0.494 e. The number of hydrogen-bond donors (Lipinski definition) is 1. The van der Waals surface area contributed by atoms with E-state index in [1.807, 2.05) is 82.3 Å². The topological polar surface area (TPSA) is 67.9 Å². The third-order valence-corrected chi connectivity index (χ3v) is 5.37.